The van der Waals surface area contributed by atoms with Crippen LogP contribution in [0.25, 0.3) is 0 Å². The number of rotatable bonds is 4. The topological polar surface area (TPSA) is 72.6 Å². The number of ether oxygens (including phenoxy) is 1. The minimum atomic E-state index is -0.825. The van der Waals surface area contributed by atoms with Gasteiger partial charge in [-0.25, -0.2) is 4.79 Å². The number of carbonyl (C=O) groups is 2. The molecule has 1 aliphatic rings. The van der Waals surface area contributed by atoms with E-state index in [0.717, 1.165) is 16.8 Å². The Morgan fingerprint density at radius 3 is 2.48 bits per heavy atom. The highest BCUT2D eigenvalue weighted by molar-refractivity contribution is 6.04. The van der Waals surface area contributed by atoms with Crippen LogP contribution in [0.4, 0.5) is 5.69 Å². The summed E-state index contributed by atoms with van der Waals surface area (Å²) in [6.07, 6.45) is 0.447. The van der Waals surface area contributed by atoms with E-state index in [4.69, 9.17) is 10.5 Å². The monoisotopic (exact) mass is 360 g/mol. The molecule has 0 bridgehead atoms. The zero-order valence-corrected chi connectivity index (χ0v) is 14.7. The lowest BCUT2D eigenvalue weighted by atomic mass is 10.1. The van der Waals surface area contributed by atoms with Gasteiger partial charge in [0.05, 0.1) is 6.61 Å². The molecule has 2 aromatic carbocycles. The maximum Gasteiger partial charge on any atom is 0.329 e. The van der Waals surface area contributed by atoms with Crippen molar-refractivity contribution >= 4 is 30.0 Å². The first-order valence-electron chi connectivity index (χ1n) is 8.01. The summed E-state index contributed by atoms with van der Waals surface area (Å²) >= 11 is 0. The Balaban J connectivity index is 0.00000225. The Bertz CT molecular complexity index is 751. The predicted octanol–water partition coefficient (Wildman–Crippen LogP) is 2.63. The molecule has 2 atom stereocenters. The Kier molecular flexibility index (Phi) is 6.17. The summed E-state index contributed by atoms with van der Waals surface area (Å²) in [5.41, 5.74) is 8.56. The number of anilines is 1. The van der Waals surface area contributed by atoms with Crippen molar-refractivity contribution in [3.63, 3.8) is 0 Å². The molecule has 0 fully saturated rings. The van der Waals surface area contributed by atoms with Crippen molar-refractivity contribution in [1.82, 2.24) is 0 Å². The second-order valence-corrected chi connectivity index (χ2v) is 5.70. The van der Waals surface area contributed by atoms with Crippen LogP contribution in [0.5, 0.6) is 0 Å². The Morgan fingerprint density at radius 1 is 1.16 bits per heavy atom. The lowest BCUT2D eigenvalue weighted by molar-refractivity contribution is -0.145. The average Bonchev–Trinajstić information content (AvgIpc) is 3.01. The maximum atomic E-state index is 13.0. The number of hydrogen-bond donors (Lipinski definition) is 1. The van der Waals surface area contributed by atoms with Gasteiger partial charge in [-0.05, 0) is 24.1 Å². The molecule has 1 heterocycles. The van der Waals surface area contributed by atoms with Crippen LogP contribution in [0, 0.1) is 0 Å². The number of amides is 1. The molecule has 0 aromatic heterocycles. The summed E-state index contributed by atoms with van der Waals surface area (Å²) in [5, 5.41) is 0. The summed E-state index contributed by atoms with van der Waals surface area (Å²) < 4.78 is 5.15. The molecule has 6 heteroatoms. The number of benzene rings is 2. The predicted molar refractivity (Wildman–Crippen MR) is 98.7 cm³/mol. The van der Waals surface area contributed by atoms with E-state index in [0.29, 0.717) is 6.42 Å². The van der Waals surface area contributed by atoms with E-state index in [2.05, 4.69) is 0 Å². The van der Waals surface area contributed by atoms with Crippen LogP contribution in [0.3, 0.4) is 0 Å². The highest BCUT2D eigenvalue weighted by atomic mass is 35.5. The highest BCUT2D eigenvalue weighted by Crippen LogP contribution is 2.34. The molecular weight excluding hydrogens is 340 g/mol. The van der Waals surface area contributed by atoms with Crippen molar-refractivity contribution in [1.29, 1.82) is 0 Å². The molecular formula is C19H21ClN2O3. The van der Waals surface area contributed by atoms with Crippen LogP contribution in [0.1, 0.15) is 24.1 Å². The third kappa shape index (κ3) is 3.67. The Morgan fingerprint density at radius 2 is 1.80 bits per heavy atom. The fourth-order valence-electron chi connectivity index (χ4n) is 3.04. The fraction of sp³-hybridized carbons (Fsp3) is 0.263. The van der Waals surface area contributed by atoms with Crippen LogP contribution in [0.2, 0.25) is 0 Å². The summed E-state index contributed by atoms with van der Waals surface area (Å²) in [7, 11) is 0. The molecule has 2 aromatic rings. The third-order valence-corrected chi connectivity index (χ3v) is 4.20. The average molecular weight is 361 g/mol. The van der Waals surface area contributed by atoms with Gasteiger partial charge in [0.1, 0.15) is 12.1 Å². The molecule has 3 rings (SSSR count). The number of fused-ring (bicyclic) bond motifs is 1. The first kappa shape index (κ1) is 19.0. The van der Waals surface area contributed by atoms with Crippen molar-refractivity contribution in [2.75, 3.05) is 11.5 Å². The van der Waals surface area contributed by atoms with Gasteiger partial charge in [0, 0.05) is 12.1 Å². The number of esters is 1. The first-order chi connectivity index (χ1) is 11.6. The van der Waals surface area contributed by atoms with Gasteiger partial charge in [0.25, 0.3) is 0 Å². The van der Waals surface area contributed by atoms with E-state index in [-0.39, 0.29) is 24.9 Å². The minimum absolute atomic E-state index is 0. The summed E-state index contributed by atoms with van der Waals surface area (Å²) in [6.45, 7) is 2.03. The Labute approximate surface area is 153 Å². The highest BCUT2D eigenvalue weighted by Gasteiger charge is 2.40. The second kappa shape index (κ2) is 8.14. The summed E-state index contributed by atoms with van der Waals surface area (Å²) in [6, 6.07) is 15.2. The molecule has 0 spiro atoms. The van der Waals surface area contributed by atoms with Crippen LogP contribution in [0.15, 0.2) is 54.6 Å². The van der Waals surface area contributed by atoms with Gasteiger partial charge in [-0.15, -0.1) is 12.4 Å². The van der Waals surface area contributed by atoms with Crippen LogP contribution in [-0.4, -0.2) is 24.5 Å². The molecule has 2 N–H and O–H groups in total. The van der Waals surface area contributed by atoms with E-state index >= 15 is 0 Å². The van der Waals surface area contributed by atoms with Crippen molar-refractivity contribution in [2.24, 2.45) is 5.73 Å². The molecule has 0 saturated carbocycles. The van der Waals surface area contributed by atoms with E-state index in [1.54, 1.807) is 6.92 Å². The third-order valence-electron chi connectivity index (χ3n) is 4.20. The number of nitrogens with zero attached hydrogens (tertiary/aromatic N) is 1. The molecule has 5 nitrogen and oxygen atoms in total. The minimum Gasteiger partial charge on any atom is -0.464 e. The number of para-hydroxylation sites is 1. The lowest BCUT2D eigenvalue weighted by Crippen LogP contribution is -2.47. The molecule has 1 aliphatic heterocycles. The smallest absolute Gasteiger partial charge is 0.329 e. The molecule has 1 amide bonds. The summed E-state index contributed by atoms with van der Waals surface area (Å²) in [4.78, 5) is 26.8. The summed E-state index contributed by atoms with van der Waals surface area (Å²) in [5.74, 6) is -0.702. The number of hydrogen-bond acceptors (Lipinski definition) is 4. The largest absolute Gasteiger partial charge is 0.464 e. The van der Waals surface area contributed by atoms with E-state index < -0.39 is 18.1 Å². The number of nitrogens with two attached hydrogens (primary N) is 1. The molecule has 2 unspecified atom stereocenters. The van der Waals surface area contributed by atoms with Crippen LogP contribution in [-0.2, 0) is 20.7 Å². The maximum absolute atomic E-state index is 13.0. The SMILES string of the molecule is CCOC(=O)C1Cc2ccccc2N1C(=O)C(N)c1ccccc1.Cl. The zero-order valence-electron chi connectivity index (χ0n) is 13.9. The molecule has 0 saturated heterocycles. The first-order valence-corrected chi connectivity index (χ1v) is 8.01. The van der Waals surface area contributed by atoms with Crippen molar-refractivity contribution in [3.8, 4) is 0 Å². The van der Waals surface area contributed by atoms with Gasteiger partial charge in [-0.1, -0.05) is 48.5 Å². The van der Waals surface area contributed by atoms with Gasteiger partial charge in [0.2, 0.25) is 5.91 Å². The van der Waals surface area contributed by atoms with Gasteiger partial charge in [-0.3, -0.25) is 9.69 Å². The van der Waals surface area contributed by atoms with Crippen LogP contribution < -0.4 is 10.6 Å². The zero-order chi connectivity index (χ0) is 17.1. The standard InChI is InChI=1S/C19H20N2O3.ClH/c1-2-24-19(23)16-12-14-10-6-7-11-15(14)21(16)18(22)17(20)13-8-4-3-5-9-13;/h3-11,16-17H,2,12,20H2,1H3;1H. The number of halogens is 1. The second-order valence-electron chi connectivity index (χ2n) is 5.70. The molecule has 132 valence electrons. The lowest BCUT2D eigenvalue weighted by Gasteiger charge is -2.27. The van der Waals surface area contributed by atoms with Gasteiger partial charge >= 0.3 is 5.97 Å². The fourth-order valence-corrected chi connectivity index (χ4v) is 3.04. The van der Waals surface area contributed by atoms with Gasteiger partial charge in [0.15, 0.2) is 0 Å². The number of carbonyl (C=O) groups excluding carboxylic acids is 2. The van der Waals surface area contributed by atoms with E-state index in [1.807, 2.05) is 54.6 Å². The molecule has 25 heavy (non-hydrogen) atoms. The van der Waals surface area contributed by atoms with E-state index in [1.165, 1.54) is 4.90 Å². The van der Waals surface area contributed by atoms with Crippen molar-refractivity contribution in [3.05, 3.63) is 65.7 Å². The van der Waals surface area contributed by atoms with Gasteiger partial charge in [-0.2, -0.15) is 0 Å². The van der Waals surface area contributed by atoms with Crippen molar-refractivity contribution in [2.45, 2.75) is 25.4 Å². The molecule has 0 radical (unpaired) electrons. The Hall–Kier alpha value is -2.37. The van der Waals surface area contributed by atoms with E-state index in [9.17, 15) is 9.59 Å². The van der Waals surface area contributed by atoms with Crippen molar-refractivity contribution < 1.29 is 14.3 Å². The van der Waals surface area contributed by atoms with Gasteiger partial charge < -0.3 is 10.5 Å². The van der Waals surface area contributed by atoms with Crippen LogP contribution >= 0.6 is 12.4 Å². The molecule has 0 aliphatic carbocycles. The quantitative estimate of drug-likeness (QED) is 0.851. The normalized spacial score (nSPS) is 16.6.